The average molecular weight is 312 g/mol. The normalized spacial score (nSPS) is 11.8. The van der Waals surface area contributed by atoms with Gasteiger partial charge in [0.25, 0.3) is 5.91 Å². The Kier molecular flexibility index (Phi) is 4.75. The van der Waals surface area contributed by atoms with Gasteiger partial charge in [-0.25, -0.2) is 8.78 Å². The Morgan fingerprint density at radius 1 is 1.14 bits per heavy atom. The summed E-state index contributed by atoms with van der Waals surface area (Å²) in [6, 6.07) is 9.64. The van der Waals surface area contributed by atoms with Crippen molar-refractivity contribution in [3.8, 4) is 5.75 Å². The second-order valence-electron chi connectivity index (χ2n) is 4.33. The lowest BCUT2D eigenvalue weighted by atomic mass is 10.2. The fourth-order valence-corrected chi connectivity index (χ4v) is 1.71. The molecule has 0 saturated carbocycles. The minimum Gasteiger partial charge on any atom is -0.481 e. The van der Waals surface area contributed by atoms with Gasteiger partial charge in [0, 0.05) is 16.8 Å². The lowest BCUT2D eigenvalue weighted by Gasteiger charge is -2.14. The van der Waals surface area contributed by atoms with Crippen LogP contribution in [0.2, 0.25) is 5.02 Å². The number of carbonyl (C=O) groups excluding carboxylic acids is 1. The van der Waals surface area contributed by atoms with E-state index in [2.05, 4.69) is 5.32 Å². The molecule has 0 radical (unpaired) electrons. The van der Waals surface area contributed by atoms with Crippen molar-refractivity contribution in [1.82, 2.24) is 0 Å². The first-order valence-electron chi connectivity index (χ1n) is 6.14. The Balaban J connectivity index is 1.98. The van der Waals surface area contributed by atoms with Crippen LogP contribution in [0.5, 0.6) is 5.75 Å². The van der Waals surface area contributed by atoms with Crippen LogP contribution in [-0.4, -0.2) is 12.0 Å². The van der Waals surface area contributed by atoms with Crippen molar-refractivity contribution in [3.63, 3.8) is 0 Å². The van der Waals surface area contributed by atoms with Gasteiger partial charge < -0.3 is 10.1 Å². The molecule has 1 N–H and O–H groups in total. The Morgan fingerprint density at radius 2 is 1.81 bits per heavy atom. The number of carbonyl (C=O) groups is 1. The van der Waals surface area contributed by atoms with E-state index in [9.17, 15) is 13.6 Å². The van der Waals surface area contributed by atoms with Gasteiger partial charge in [-0.15, -0.1) is 0 Å². The molecule has 0 heterocycles. The van der Waals surface area contributed by atoms with Crippen molar-refractivity contribution >= 4 is 23.2 Å². The van der Waals surface area contributed by atoms with Gasteiger partial charge in [0.2, 0.25) is 0 Å². The van der Waals surface area contributed by atoms with Gasteiger partial charge in [0.1, 0.15) is 5.75 Å². The molecule has 2 aromatic rings. The molecule has 6 heteroatoms. The van der Waals surface area contributed by atoms with Crippen molar-refractivity contribution in [3.05, 3.63) is 59.1 Å². The van der Waals surface area contributed by atoms with Crippen LogP contribution < -0.4 is 10.1 Å². The highest BCUT2D eigenvalue weighted by Gasteiger charge is 2.15. The number of anilines is 1. The van der Waals surface area contributed by atoms with E-state index in [1.54, 1.807) is 31.2 Å². The Morgan fingerprint density at radius 3 is 2.43 bits per heavy atom. The van der Waals surface area contributed by atoms with Crippen molar-refractivity contribution < 1.29 is 18.3 Å². The number of nitrogens with one attached hydrogen (secondary N) is 1. The zero-order chi connectivity index (χ0) is 15.4. The van der Waals surface area contributed by atoms with Crippen molar-refractivity contribution in [2.24, 2.45) is 0 Å². The Hall–Kier alpha value is -2.14. The number of amides is 1. The molecule has 3 nitrogen and oxygen atoms in total. The van der Waals surface area contributed by atoms with Crippen LogP contribution in [0.4, 0.5) is 14.5 Å². The molecule has 2 rings (SSSR count). The summed E-state index contributed by atoms with van der Waals surface area (Å²) in [7, 11) is 0. The molecule has 2 aromatic carbocycles. The number of halogens is 3. The lowest BCUT2D eigenvalue weighted by molar-refractivity contribution is -0.122. The first-order valence-corrected chi connectivity index (χ1v) is 6.51. The van der Waals surface area contributed by atoms with Crippen molar-refractivity contribution in [2.45, 2.75) is 13.0 Å². The van der Waals surface area contributed by atoms with Crippen LogP contribution >= 0.6 is 11.6 Å². The van der Waals surface area contributed by atoms with Crippen LogP contribution in [0.3, 0.4) is 0 Å². The van der Waals surface area contributed by atoms with Crippen LogP contribution in [0.25, 0.3) is 0 Å². The minimum atomic E-state index is -1.03. The molecule has 0 aliphatic carbocycles. The van der Waals surface area contributed by atoms with Gasteiger partial charge >= 0.3 is 0 Å². The van der Waals surface area contributed by atoms with Gasteiger partial charge in [-0.05, 0) is 43.3 Å². The van der Waals surface area contributed by atoms with Crippen LogP contribution in [0.1, 0.15) is 6.92 Å². The second kappa shape index (κ2) is 6.54. The monoisotopic (exact) mass is 311 g/mol. The minimum absolute atomic E-state index is 0.158. The first kappa shape index (κ1) is 15.3. The van der Waals surface area contributed by atoms with Crippen LogP contribution in [0, 0.1) is 11.6 Å². The Bertz CT molecular complexity index is 647. The standard InChI is InChI=1S/C15H12ClF2NO2/c1-9(21-12-5-2-10(16)3-6-12)15(20)19-11-4-7-13(17)14(18)8-11/h2-9H,1H3,(H,19,20). The van der Waals surface area contributed by atoms with Crippen LogP contribution in [0.15, 0.2) is 42.5 Å². The summed E-state index contributed by atoms with van der Waals surface area (Å²) in [6.07, 6.45) is -0.806. The number of rotatable bonds is 4. The summed E-state index contributed by atoms with van der Waals surface area (Å²) in [6.45, 7) is 1.55. The zero-order valence-corrected chi connectivity index (χ0v) is 11.8. The Labute approximate surface area is 125 Å². The van der Waals surface area contributed by atoms with Crippen LogP contribution in [-0.2, 0) is 4.79 Å². The van der Waals surface area contributed by atoms with E-state index < -0.39 is 23.6 Å². The van der Waals surface area contributed by atoms with Crippen molar-refractivity contribution in [2.75, 3.05) is 5.32 Å². The van der Waals surface area contributed by atoms with E-state index in [4.69, 9.17) is 16.3 Å². The maximum absolute atomic E-state index is 13.0. The van der Waals surface area contributed by atoms with Gasteiger partial charge in [0.05, 0.1) is 0 Å². The predicted molar refractivity (Wildman–Crippen MR) is 76.5 cm³/mol. The molecule has 1 atom stereocenters. The van der Waals surface area contributed by atoms with Crippen molar-refractivity contribution in [1.29, 1.82) is 0 Å². The fraction of sp³-hybridized carbons (Fsp3) is 0.133. The van der Waals surface area contributed by atoms with Gasteiger partial charge in [-0.3, -0.25) is 4.79 Å². The van der Waals surface area contributed by atoms with E-state index in [0.29, 0.717) is 10.8 Å². The first-order chi connectivity index (χ1) is 9.95. The average Bonchev–Trinajstić information content (AvgIpc) is 2.45. The third-order valence-electron chi connectivity index (χ3n) is 2.68. The second-order valence-corrected chi connectivity index (χ2v) is 4.77. The molecule has 1 unspecified atom stereocenters. The fourth-order valence-electron chi connectivity index (χ4n) is 1.59. The number of hydrogen-bond acceptors (Lipinski definition) is 2. The number of benzene rings is 2. The van der Waals surface area contributed by atoms with Gasteiger partial charge in [-0.2, -0.15) is 0 Å². The molecule has 0 aromatic heterocycles. The zero-order valence-electron chi connectivity index (χ0n) is 11.1. The van der Waals surface area contributed by atoms with Gasteiger partial charge in [0.15, 0.2) is 17.7 Å². The van der Waals surface area contributed by atoms with Gasteiger partial charge in [-0.1, -0.05) is 11.6 Å². The maximum Gasteiger partial charge on any atom is 0.265 e. The van der Waals surface area contributed by atoms with E-state index in [0.717, 1.165) is 12.1 Å². The molecule has 21 heavy (non-hydrogen) atoms. The molecule has 0 aliphatic rings. The summed E-state index contributed by atoms with van der Waals surface area (Å²) in [4.78, 5) is 11.9. The third kappa shape index (κ3) is 4.16. The summed E-state index contributed by atoms with van der Waals surface area (Å²) >= 11 is 5.74. The number of ether oxygens (including phenoxy) is 1. The lowest BCUT2D eigenvalue weighted by Crippen LogP contribution is -2.30. The highest BCUT2D eigenvalue weighted by molar-refractivity contribution is 6.30. The highest BCUT2D eigenvalue weighted by Crippen LogP contribution is 2.18. The third-order valence-corrected chi connectivity index (χ3v) is 2.93. The molecule has 0 fully saturated rings. The van der Waals surface area contributed by atoms with E-state index in [-0.39, 0.29) is 5.69 Å². The molecule has 0 bridgehead atoms. The quantitative estimate of drug-likeness (QED) is 0.926. The van der Waals surface area contributed by atoms with E-state index >= 15 is 0 Å². The summed E-state index contributed by atoms with van der Waals surface area (Å²) in [5, 5.41) is 3.00. The molecular formula is C15H12ClF2NO2. The molecule has 110 valence electrons. The maximum atomic E-state index is 13.0. The molecular weight excluding hydrogens is 300 g/mol. The highest BCUT2D eigenvalue weighted by atomic mass is 35.5. The summed E-state index contributed by atoms with van der Waals surface area (Å²) in [5.41, 5.74) is 0.158. The predicted octanol–water partition coefficient (Wildman–Crippen LogP) is 4.02. The van der Waals surface area contributed by atoms with E-state index in [1.807, 2.05) is 0 Å². The molecule has 0 saturated heterocycles. The number of hydrogen-bond donors (Lipinski definition) is 1. The van der Waals surface area contributed by atoms with E-state index in [1.165, 1.54) is 6.07 Å². The summed E-state index contributed by atoms with van der Waals surface area (Å²) < 4.78 is 31.3. The molecule has 1 amide bonds. The largest absolute Gasteiger partial charge is 0.481 e. The SMILES string of the molecule is CC(Oc1ccc(Cl)cc1)C(=O)Nc1ccc(F)c(F)c1. The molecule has 0 spiro atoms. The smallest absolute Gasteiger partial charge is 0.265 e. The molecule has 0 aliphatic heterocycles. The topological polar surface area (TPSA) is 38.3 Å². The summed E-state index contributed by atoms with van der Waals surface area (Å²) in [5.74, 6) is -2.00.